The summed E-state index contributed by atoms with van der Waals surface area (Å²) in [5.41, 5.74) is 3.24. The van der Waals surface area contributed by atoms with Crippen molar-refractivity contribution in [2.45, 2.75) is 6.54 Å². The molecule has 1 aromatic carbocycles. The van der Waals surface area contributed by atoms with E-state index in [0.29, 0.717) is 0 Å². The molecule has 1 fully saturated rings. The fourth-order valence-corrected chi connectivity index (χ4v) is 4.18. The fraction of sp³-hybridized carbons (Fsp3) is 0.650. The standard InChI is InChI=1S/C20H33IN6/c1-24(2)11-13-27(14-12-25(3)4)19-6-5-17(15-22)18(20(19)21)16-26-9-7-23-8-10-26/h5-6,23H,7-14,16H2,1-4H3. The monoisotopic (exact) mass is 484 g/mol. The van der Waals surface area contributed by atoms with E-state index in [1.54, 1.807) is 0 Å². The van der Waals surface area contributed by atoms with Gasteiger partial charge < -0.3 is 20.0 Å². The molecule has 1 N–H and O–H groups in total. The molecule has 1 heterocycles. The second-order valence-corrected chi connectivity index (χ2v) is 8.74. The number of piperazine rings is 1. The molecule has 1 aliphatic rings. The Labute approximate surface area is 178 Å². The van der Waals surface area contributed by atoms with Crippen LogP contribution in [0.4, 0.5) is 5.69 Å². The average molecular weight is 484 g/mol. The molecule has 0 atom stereocenters. The maximum atomic E-state index is 9.64. The van der Waals surface area contributed by atoms with Gasteiger partial charge in [-0.25, -0.2) is 0 Å². The molecule has 0 aromatic heterocycles. The van der Waals surface area contributed by atoms with Crippen LogP contribution >= 0.6 is 22.6 Å². The highest BCUT2D eigenvalue weighted by Crippen LogP contribution is 2.29. The van der Waals surface area contributed by atoms with E-state index >= 15 is 0 Å². The Morgan fingerprint density at radius 2 is 1.63 bits per heavy atom. The molecule has 1 aromatic rings. The number of nitrogens with one attached hydrogen (secondary N) is 1. The van der Waals surface area contributed by atoms with Crippen molar-refractivity contribution < 1.29 is 0 Å². The smallest absolute Gasteiger partial charge is 0.0995 e. The second-order valence-electron chi connectivity index (χ2n) is 7.66. The number of nitrogens with zero attached hydrogens (tertiary/aromatic N) is 5. The van der Waals surface area contributed by atoms with E-state index in [1.807, 2.05) is 6.07 Å². The molecule has 1 saturated heterocycles. The van der Waals surface area contributed by atoms with Gasteiger partial charge in [-0.1, -0.05) is 0 Å². The zero-order valence-electron chi connectivity index (χ0n) is 17.1. The molecular formula is C20H33IN6. The van der Waals surface area contributed by atoms with E-state index in [1.165, 1.54) is 14.8 Å². The first kappa shape index (κ1) is 22.4. The van der Waals surface area contributed by atoms with Crippen LogP contribution in [0.3, 0.4) is 0 Å². The van der Waals surface area contributed by atoms with Gasteiger partial charge >= 0.3 is 0 Å². The molecule has 1 aliphatic heterocycles. The molecule has 150 valence electrons. The summed E-state index contributed by atoms with van der Waals surface area (Å²) in [5.74, 6) is 0. The molecule has 6 nitrogen and oxygen atoms in total. The summed E-state index contributed by atoms with van der Waals surface area (Å²) < 4.78 is 1.22. The zero-order chi connectivity index (χ0) is 19.8. The number of likely N-dealkylation sites (N-methyl/N-ethyl adjacent to an activating group) is 2. The van der Waals surface area contributed by atoms with Crippen molar-refractivity contribution >= 4 is 28.3 Å². The summed E-state index contributed by atoms with van der Waals surface area (Å²) in [6.07, 6.45) is 0. The Kier molecular flexibility index (Phi) is 9.26. The Bertz CT molecular complexity index is 622. The summed E-state index contributed by atoms with van der Waals surface area (Å²) in [7, 11) is 8.46. The largest absolute Gasteiger partial charge is 0.368 e. The lowest BCUT2D eigenvalue weighted by molar-refractivity contribution is 0.232. The van der Waals surface area contributed by atoms with Crippen LogP contribution in [0.2, 0.25) is 0 Å². The first-order valence-electron chi connectivity index (χ1n) is 9.61. The predicted octanol–water partition coefficient (Wildman–Crippen LogP) is 1.50. The normalized spacial score (nSPS) is 15.3. The third-order valence-electron chi connectivity index (χ3n) is 4.91. The Balaban J connectivity index is 2.28. The van der Waals surface area contributed by atoms with Gasteiger partial charge in [-0.15, -0.1) is 0 Å². The molecular weight excluding hydrogens is 451 g/mol. The van der Waals surface area contributed by atoms with E-state index in [-0.39, 0.29) is 0 Å². The molecule has 0 amide bonds. The summed E-state index contributed by atoms with van der Waals surface area (Å²) in [4.78, 5) is 9.36. The molecule has 0 aliphatic carbocycles. The third-order valence-corrected chi connectivity index (χ3v) is 6.11. The molecule has 0 unspecified atom stereocenters. The second kappa shape index (κ2) is 11.2. The van der Waals surface area contributed by atoms with Gasteiger partial charge in [0.15, 0.2) is 0 Å². The van der Waals surface area contributed by atoms with E-state index in [4.69, 9.17) is 0 Å². The lowest BCUT2D eigenvalue weighted by Gasteiger charge is -2.31. The molecule has 0 spiro atoms. The maximum absolute atomic E-state index is 9.64. The highest BCUT2D eigenvalue weighted by Gasteiger charge is 2.19. The Hall–Kier alpha value is -0.920. The molecule has 27 heavy (non-hydrogen) atoms. The number of rotatable bonds is 9. The Morgan fingerprint density at radius 1 is 1.04 bits per heavy atom. The van der Waals surface area contributed by atoms with Crippen molar-refractivity contribution in [2.75, 3.05) is 85.4 Å². The van der Waals surface area contributed by atoms with E-state index in [9.17, 15) is 5.26 Å². The van der Waals surface area contributed by atoms with Gasteiger partial charge in [-0.2, -0.15) is 5.26 Å². The molecule has 0 bridgehead atoms. The molecule has 7 heteroatoms. The minimum absolute atomic E-state index is 0.807. The van der Waals surface area contributed by atoms with Crippen LogP contribution < -0.4 is 10.2 Å². The Morgan fingerprint density at radius 3 is 2.15 bits per heavy atom. The maximum Gasteiger partial charge on any atom is 0.0995 e. The summed E-state index contributed by atoms with van der Waals surface area (Å²) in [6, 6.07) is 6.55. The zero-order valence-corrected chi connectivity index (χ0v) is 19.3. The lowest BCUT2D eigenvalue weighted by atomic mass is 10.1. The molecule has 0 radical (unpaired) electrons. The molecule has 2 rings (SSSR count). The van der Waals surface area contributed by atoms with Gasteiger partial charge in [0.1, 0.15) is 0 Å². The number of benzene rings is 1. The number of halogens is 1. The topological polar surface area (TPSA) is 48.8 Å². The number of anilines is 1. The van der Waals surface area contributed by atoms with Crippen molar-refractivity contribution in [1.29, 1.82) is 5.26 Å². The lowest BCUT2D eigenvalue weighted by Crippen LogP contribution is -2.43. The highest BCUT2D eigenvalue weighted by molar-refractivity contribution is 14.1. The van der Waals surface area contributed by atoms with Gasteiger partial charge in [-0.05, 0) is 68.5 Å². The van der Waals surface area contributed by atoms with E-state index in [0.717, 1.165) is 64.5 Å². The van der Waals surface area contributed by atoms with Gasteiger partial charge in [0.2, 0.25) is 0 Å². The van der Waals surface area contributed by atoms with Crippen LogP contribution in [-0.2, 0) is 6.54 Å². The van der Waals surface area contributed by atoms with Crippen LogP contribution in [-0.4, -0.2) is 95.2 Å². The van der Waals surface area contributed by atoms with Crippen molar-refractivity contribution in [3.8, 4) is 6.07 Å². The SMILES string of the molecule is CN(C)CCN(CCN(C)C)c1ccc(C#N)c(CN2CCNCC2)c1I. The van der Waals surface area contributed by atoms with Crippen molar-refractivity contribution in [3.05, 3.63) is 26.8 Å². The average Bonchev–Trinajstić information content (AvgIpc) is 2.64. The van der Waals surface area contributed by atoms with E-state index < -0.39 is 0 Å². The third kappa shape index (κ3) is 6.88. The van der Waals surface area contributed by atoms with Crippen LogP contribution in [0.1, 0.15) is 11.1 Å². The van der Waals surface area contributed by atoms with E-state index in [2.05, 4.69) is 87.8 Å². The number of nitriles is 1. The molecule has 0 saturated carbocycles. The van der Waals surface area contributed by atoms with Gasteiger partial charge in [0.25, 0.3) is 0 Å². The minimum atomic E-state index is 0.807. The summed E-state index contributed by atoms with van der Waals surface area (Å²) in [6.45, 7) is 8.96. The van der Waals surface area contributed by atoms with Crippen LogP contribution in [0.25, 0.3) is 0 Å². The van der Waals surface area contributed by atoms with Crippen molar-refractivity contribution in [1.82, 2.24) is 20.0 Å². The predicted molar refractivity (Wildman–Crippen MR) is 121 cm³/mol. The first-order valence-corrected chi connectivity index (χ1v) is 10.7. The summed E-state index contributed by atoms with van der Waals surface area (Å²) in [5, 5.41) is 13.0. The van der Waals surface area contributed by atoms with Gasteiger partial charge in [0, 0.05) is 62.5 Å². The minimum Gasteiger partial charge on any atom is -0.368 e. The summed E-state index contributed by atoms with van der Waals surface area (Å²) >= 11 is 2.45. The van der Waals surface area contributed by atoms with Gasteiger partial charge in [-0.3, -0.25) is 4.90 Å². The van der Waals surface area contributed by atoms with Crippen molar-refractivity contribution in [3.63, 3.8) is 0 Å². The van der Waals surface area contributed by atoms with Crippen LogP contribution in [0, 0.1) is 14.9 Å². The van der Waals surface area contributed by atoms with Crippen LogP contribution in [0.5, 0.6) is 0 Å². The first-order chi connectivity index (χ1) is 12.9. The quantitative estimate of drug-likeness (QED) is 0.537. The number of hydrogen-bond donors (Lipinski definition) is 1. The number of hydrogen-bond acceptors (Lipinski definition) is 6. The van der Waals surface area contributed by atoms with Crippen molar-refractivity contribution in [2.24, 2.45) is 0 Å². The fourth-order valence-electron chi connectivity index (χ4n) is 3.20. The van der Waals surface area contributed by atoms with Gasteiger partial charge in [0.05, 0.1) is 17.3 Å². The highest BCUT2D eigenvalue weighted by atomic mass is 127. The van der Waals surface area contributed by atoms with Crippen LogP contribution in [0.15, 0.2) is 12.1 Å².